The van der Waals surface area contributed by atoms with Crippen molar-refractivity contribution in [3.8, 4) is 11.1 Å². The number of aryl methyl sites for hydroxylation is 1. The zero-order valence-corrected chi connectivity index (χ0v) is 16.5. The van der Waals surface area contributed by atoms with Crippen LogP contribution in [0.25, 0.3) is 11.1 Å². The predicted octanol–water partition coefficient (Wildman–Crippen LogP) is 3.38. The van der Waals surface area contributed by atoms with Gasteiger partial charge < -0.3 is 10.4 Å². The average molecular weight is 378 g/mol. The highest BCUT2D eigenvalue weighted by atomic mass is 16.3. The van der Waals surface area contributed by atoms with E-state index in [1.807, 2.05) is 48.1 Å². The molecule has 1 amide bonds. The summed E-state index contributed by atoms with van der Waals surface area (Å²) in [6, 6.07) is 11.2. The molecule has 0 aliphatic heterocycles. The molecule has 0 radical (unpaired) electrons. The first-order valence-electron chi connectivity index (χ1n) is 9.39. The van der Waals surface area contributed by atoms with E-state index in [2.05, 4.69) is 15.4 Å². The molecule has 0 saturated carbocycles. The number of aliphatic hydroxyl groups is 1. The molecule has 28 heavy (non-hydrogen) atoms. The van der Waals surface area contributed by atoms with Crippen LogP contribution in [-0.2, 0) is 12.1 Å². The fraction of sp³-hybridized carbons (Fsp3) is 0.318. The molecule has 0 fully saturated rings. The van der Waals surface area contributed by atoms with Crippen LogP contribution in [0, 0.1) is 0 Å². The van der Waals surface area contributed by atoms with Gasteiger partial charge in [0, 0.05) is 54.1 Å². The summed E-state index contributed by atoms with van der Waals surface area (Å²) in [5.41, 5.74) is 2.10. The van der Waals surface area contributed by atoms with Gasteiger partial charge in [-0.25, -0.2) is 0 Å². The normalized spacial score (nSPS) is 12.6. The third-order valence-electron chi connectivity index (χ3n) is 4.63. The topological polar surface area (TPSA) is 80.0 Å². The van der Waals surface area contributed by atoms with Crippen molar-refractivity contribution in [3.63, 3.8) is 0 Å². The molecule has 0 spiro atoms. The standard InChI is InChI=1S/C22H26N4O2/c1-16(8-11-26-10-5-9-24-26)25-21(27)18-7-4-6-17(12-18)19-13-20(15-23-14-19)22(2,3)28/h4-7,9-10,12-16,28H,8,11H2,1-3H3,(H,25,27)/t16-/m1/s1. The van der Waals surface area contributed by atoms with Crippen molar-refractivity contribution in [2.24, 2.45) is 0 Å². The molecular weight excluding hydrogens is 352 g/mol. The Labute approximate surface area is 165 Å². The number of benzene rings is 1. The lowest BCUT2D eigenvalue weighted by Gasteiger charge is -2.18. The van der Waals surface area contributed by atoms with Crippen molar-refractivity contribution in [1.29, 1.82) is 0 Å². The summed E-state index contributed by atoms with van der Waals surface area (Å²) in [5.74, 6) is -0.110. The van der Waals surface area contributed by atoms with E-state index in [1.165, 1.54) is 0 Å². The summed E-state index contributed by atoms with van der Waals surface area (Å²) < 4.78 is 1.85. The van der Waals surface area contributed by atoms with Gasteiger partial charge in [-0.05, 0) is 57.0 Å². The molecule has 0 unspecified atom stereocenters. The summed E-state index contributed by atoms with van der Waals surface area (Å²) in [5, 5.41) is 17.4. The van der Waals surface area contributed by atoms with Crippen LogP contribution in [-0.4, -0.2) is 31.8 Å². The lowest BCUT2D eigenvalue weighted by Crippen LogP contribution is -2.33. The number of hydrogen-bond acceptors (Lipinski definition) is 4. The number of hydrogen-bond donors (Lipinski definition) is 2. The van der Waals surface area contributed by atoms with Gasteiger partial charge in [0.05, 0.1) is 5.60 Å². The largest absolute Gasteiger partial charge is 0.386 e. The molecule has 0 aliphatic rings. The van der Waals surface area contributed by atoms with Crippen LogP contribution in [0.1, 0.15) is 43.1 Å². The van der Waals surface area contributed by atoms with Crippen molar-refractivity contribution >= 4 is 5.91 Å². The molecule has 2 heterocycles. The molecular formula is C22H26N4O2. The highest BCUT2D eigenvalue weighted by Gasteiger charge is 2.17. The van der Waals surface area contributed by atoms with Crippen molar-refractivity contribution in [3.05, 3.63) is 72.3 Å². The van der Waals surface area contributed by atoms with Crippen LogP contribution >= 0.6 is 0 Å². The third-order valence-corrected chi connectivity index (χ3v) is 4.63. The maximum atomic E-state index is 12.6. The monoisotopic (exact) mass is 378 g/mol. The van der Waals surface area contributed by atoms with Crippen molar-refractivity contribution in [2.45, 2.75) is 45.4 Å². The van der Waals surface area contributed by atoms with Gasteiger partial charge in [-0.2, -0.15) is 5.10 Å². The van der Waals surface area contributed by atoms with Crippen molar-refractivity contribution in [1.82, 2.24) is 20.1 Å². The van der Waals surface area contributed by atoms with Gasteiger partial charge in [0.15, 0.2) is 0 Å². The van der Waals surface area contributed by atoms with Gasteiger partial charge in [-0.15, -0.1) is 0 Å². The molecule has 1 aromatic carbocycles. The first-order chi connectivity index (χ1) is 13.3. The lowest BCUT2D eigenvalue weighted by atomic mass is 9.96. The van der Waals surface area contributed by atoms with E-state index in [9.17, 15) is 9.90 Å². The number of carbonyl (C=O) groups excluding carboxylic acids is 1. The van der Waals surface area contributed by atoms with E-state index in [-0.39, 0.29) is 11.9 Å². The van der Waals surface area contributed by atoms with Crippen molar-refractivity contribution < 1.29 is 9.90 Å². The summed E-state index contributed by atoms with van der Waals surface area (Å²) in [7, 11) is 0. The maximum absolute atomic E-state index is 12.6. The highest BCUT2D eigenvalue weighted by molar-refractivity contribution is 5.95. The summed E-state index contributed by atoms with van der Waals surface area (Å²) in [6.07, 6.45) is 7.84. The van der Waals surface area contributed by atoms with Crippen LogP contribution < -0.4 is 5.32 Å². The number of amides is 1. The molecule has 1 atom stereocenters. The van der Waals surface area contributed by atoms with Gasteiger partial charge in [0.2, 0.25) is 0 Å². The highest BCUT2D eigenvalue weighted by Crippen LogP contribution is 2.25. The van der Waals surface area contributed by atoms with Crippen LogP contribution in [0.5, 0.6) is 0 Å². The van der Waals surface area contributed by atoms with Crippen LogP contribution in [0.4, 0.5) is 0 Å². The molecule has 6 nitrogen and oxygen atoms in total. The zero-order valence-electron chi connectivity index (χ0n) is 16.5. The number of carbonyl (C=O) groups is 1. The molecule has 0 aliphatic carbocycles. The Morgan fingerprint density at radius 1 is 1.21 bits per heavy atom. The van der Waals surface area contributed by atoms with E-state index >= 15 is 0 Å². The minimum absolute atomic E-state index is 0.0283. The van der Waals surface area contributed by atoms with Gasteiger partial charge >= 0.3 is 0 Å². The van der Waals surface area contributed by atoms with Gasteiger partial charge in [-0.1, -0.05) is 12.1 Å². The SMILES string of the molecule is C[C@H](CCn1cccn1)NC(=O)c1cccc(-c2cncc(C(C)(C)O)c2)c1. The Morgan fingerprint density at radius 2 is 2.04 bits per heavy atom. The second-order valence-electron chi connectivity index (χ2n) is 7.53. The third kappa shape index (κ3) is 5.04. The fourth-order valence-electron chi connectivity index (χ4n) is 2.91. The molecule has 0 bridgehead atoms. The molecule has 146 valence electrons. The molecule has 2 aromatic heterocycles. The number of rotatable bonds is 7. The van der Waals surface area contributed by atoms with E-state index in [4.69, 9.17) is 0 Å². The quantitative estimate of drug-likeness (QED) is 0.660. The molecule has 2 N–H and O–H groups in total. The van der Waals surface area contributed by atoms with Gasteiger partial charge in [0.25, 0.3) is 5.91 Å². The molecule has 6 heteroatoms. The van der Waals surface area contributed by atoms with Crippen LogP contribution in [0.15, 0.2) is 61.2 Å². The molecule has 0 saturated heterocycles. The minimum Gasteiger partial charge on any atom is -0.386 e. The Bertz CT molecular complexity index is 930. The summed E-state index contributed by atoms with van der Waals surface area (Å²) in [4.78, 5) is 16.9. The van der Waals surface area contributed by atoms with Gasteiger partial charge in [0.1, 0.15) is 0 Å². The Balaban J connectivity index is 1.69. The van der Waals surface area contributed by atoms with Crippen LogP contribution in [0.2, 0.25) is 0 Å². The molecule has 3 rings (SSSR count). The Kier molecular flexibility index (Phi) is 5.90. The fourth-order valence-corrected chi connectivity index (χ4v) is 2.91. The average Bonchev–Trinajstić information content (AvgIpc) is 3.19. The first kappa shape index (κ1) is 19.8. The second-order valence-corrected chi connectivity index (χ2v) is 7.53. The van der Waals surface area contributed by atoms with Crippen molar-refractivity contribution in [2.75, 3.05) is 0 Å². The summed E-state index contributed by atoms with van der Waals surface area (Å²) in [6.45, 7) is 6.19. The second kappa shape index (κ2) is 8.35. The van der Waals surface area contributed by atoms with E-state index < -0.39 is 5.60 Å². The molecule has 3 aromatic rings. The zero-order chi connectivity index (χ0) is 20.1. The Morgan fingerprint density at radius 3 is 2.75 bits per heavy atom. The summed E-state index contributed by atoms with van der Waals surface area (Å²) >= 11 is 0. The van der Waals surface area contributed by atoms with E-state index in [0.717, 1.165) is 29.7 Å². The smallest absolute Gasteiger partial charge is 0.251 e. The number of pyridine rings is 1. The number of aromatic nitrogens is 3. The van der Waals surface area contributed by atoms with Crippen LogP contribution in [0.3, 0.4) is 0 Å². The lowest BCUT2D eigenvalue weighted by molar-refractivity contribution is 0.0782. The van der Waals surface area contributed by atoms with E-state index in [1.54, 1.807) is 38.5 Å². The predicted molar refractivity (Wildman–Crippen MR) is 109 cm³/mol. The number of nitrogens with one attached hydrogen (secondary N) is 1. The van der Waals surface area contributed by atoms with E-state index in [0.29, 0.717) is 5.56 Å². The Hall–Kier alpha value is -2.99. The number of nitrogens with zero attached hydrogens (tertiary/aromatic N) is 3. The first-order valence-corrected chi connectivity index (χ1v) is 9.39. The van der Waals surface area contributed by atoms with Gasteiger partial charge in [-0.3, -0.25) is 14.5 Å². The maximum Gasteiger partial charge on any atom is 0.251 e. The minimum atomic E-state index is -0.970.